The lowest BCUT2D eigenvalue weighted by molar-refractivity contribution is -0.290. The average Bonchev–Trinajstić information content (AvgIpc) is 0.785. The number of phosphoric acid groups is 1. The predicted octanol–water partition coefficient (Wildman–Crippen LogP) is 19.8. The van der Waals surface area contributed by atoms with Crippen LogP contribution in [-0.4, -0.2) is 166 Å². The van der Waals surface area contributed by atoms with Crippen LogP contribution in [0.15, 0.2) is 50.1 Å². The Bertz CT molecular complexity index is 2260. The van der Waals surface area contributed by atoms with Crippen molar-refractivity contribution in [2.24, 2.45) is 0 Å². The fourth-order valence-corrected chi connectivity index (χ4v) is 14.4. The Hall–Kier alpha value is -2.50. The molecule has 2 fully saturated rings. The van der Waals surface area contributed by atoms with E-state index in [-0.39, 0.29) is 57.9 Å². The number of rotatable bonds is 70. The molecule has 0 bridgehead atoms. The van der Waals surface area contributed by atoms with E-state index in [0.29, 0.717) is 25.9 Å². The fourth-order valence-electron chi connectivity index (χ4n) is 12.9. The number of nitrogens with one attached hydrogen (secondary N) is 2. The third-order valence-electron chi connectivity index (χ3n) is 18.7. The van der Waals surface area contributed by atoms with Gasteiger partial charge in [-0.2, -0.15) is 0 Å². The summed E-state index contributed by atoms with van der Waals surface area (Å²) >= 11 is 18.3. The van der Waals surface area contributed by atoms with Crippen molar-refractivity contribution < 1.29 is 85.1 Å². The Balaban J connectivity index is 2.69. The first kappa shape index (κ1) is 97.6. The maximum Gasteiger partial charge on any atom is 0.475 e. The van der Waals surface area contributed by atoms with E-state index in [9.17, 15) is 28.8 Å². The summed E-state index contributed by atoms with van der Waals surface area (Å²) in [5.74, 6) is -1.85. The first-order valence-electron chi connectivity index (χ1n) is 40.4. The van der Waals surface area contributed by atoms with E-state index >= 15 is 0 Å². The van der Waals surface area contributed by atoms with Gasteiger partial charge in [-0.15, -0.1) is 13.2 Å². The van der Waals surface area contributed by atoms with Gasteiger partial charge in [0.2, 0.25) is 9.70 Å². The number of methoxy groups -OCH3 is 1. The van der Waals surface area contributed by atoms with Crippen molar-refractivity contribution in [2.45, 2.75) is 368 Å². The van der Waals surface area contributed by atoms with Crippen LogP contribution in [0.25, 0.3) is 0 Å². The summed E-state index contributed by atoms with van der Waals surface area (Å²) in [4.78, 5) is 55.9. The molecule has 3 N–H and O–H groups in total. The van der Waals surface area contributed by atoms with Gasteiger partial charge in [0, 0.05) is 33.4 Å². The van der Waals surface area contributed by atoms with Crippen molar-refractivity contribution in [1.82, 2.24) is 10.6 Å². The highest BCUT2D eigenvalue weighted by Crippen LogP contribution is 2.53. The Morgan fingerprint density at radius 2 is 1.02 bits per heavy atom. The van der Waals surface area contributed by atoms with E-state index in [2.05, 4.69) is 70.2 Å². The van der Waals surface area contributed by atoms with Crippen LogP contribution in [0, 0.1) is 0 Å². The molecular formula is C80H142Cl3N2O18P. The van der Waals surface area contributed by atoms with Gasteiger partial charge in [0.15, 0.2) is 12.4 Å². The topological polar surface area (TPSA) is 240 Å². The molecular weight excluding hydrogens is 1410 g/mol. The van der Waals surface area contributed by atoms with Crippen LogP contribution in [0.4, 0.5) is 4.79 Å². The third kappa shape index (κ3) is 47.5. The number of Topliss-reactive ketones (excluding diaryl/α,β-unsaturated/α-hetero) is 1. The largest absolute Gasteiger partial charge is 0.475 e. The highest BCUT2D eigenvalue weighted by atomic mass is 35.6. The van der Waals surface area contributed by atoms with E-state index < -0.39 is 110 Å². The van der Waals surface area contributed by atoms with E-state index in [1.54, 1.807) is 0 Å². The van der Waals surface area contributed by atoms with Crippen molar-refractivity contribution in [3.05, 3.63) is 50.1 Å². The Kier molecular flexibility index (Phi) is 60.2. The lowest BCUT2D eigenvalue weighted by Crippen LogP contribution is -2.68. The summed E-state index contributed by atoms with van der Waals surface area (Å²) in [6.07, 6.45) is 38.6. The molecule has 0 radical (unpaired) electrons. The second-order valence-electron chi connectivity index (χ2n) is 28.0. The van der Waals surface area contributed by atoms with Crippen LogP contribution >= 0.6 is 42.6 Å². The molecule has 2 aliphatic rings. The molecule has 0 aliphatic carbocycles. The summed E-state index contributed by atoms with van der Waals surface area (Å²) < 4.78 is 87.5. The first-order chi connectivity index (χ1) is 50.4. The van der Waals surface area contributed by atoms with Gasteiger partial charge < -0.3 is 58.4 Å². The van der Waals surface area contributed by atoms with Gasteiger partial charge in [0.25, 0.3) is 0 Å². The summed E-state index contributed by atoms with van der Waals surface area (Å²) in [5.41, 5.74) is 0. The normalized spacial score (nSPS) is 21.0. The number of unbranched alkanes of at least 4 members (excludes halogenated alkanes) is 33. The molecule has 0 unspecified atom stereocenters. The second-order valence-corrected chi connectivity index (χ2v) is 32.2. The molecule has 2 saturated heterocycles. The number of esters is 1. The third-order valence-corrected chi connectivity index (χ3v) is 20.5. The average molecular weight is 1560 g/mol. The standard InChI is InChI=1S/C80H142Cl3N2O18P/c1-9-16-20-24-28-32-34-35-39-42-46-50-58-93-66(53-49-45-41-37-31-27-23-19-12-4)54-60-95-75-71(85-79(90)98-64-80(81,82)83)78(102-68(62-92-8)73(75)103-104(91,99-56-14-6)100-57-15-7)97-63-67-72(88)74(94-59-51-47-43-38-33-29-25-21-17-10-2)70(76(101-67)77(89)96-55-13-5)84-69(87)61-65(86)52-48-44-40-36-30-26-22-18-11-3/h13-15,32,34,66-68,70-76,78,88H,5-7,9-12,16-31,33,35-64H2,1-4,8H3,(H,84,87)(H,85,90)/b34-32-/t66-,67-,68-,70-,71-,72-,73-,74-,75-,76+,78-/m1/s1. The number of halogens is 3. The number of alkyl carbamates (subject to hydrolysis) is 1. The molecule has 20 nitrogen and oxygen atoms in total. The van der Waals surface area contributed by atoms with Crippen LogP contribution in [0.1, 0.15) is 297 Å². The molecule has 0 spiro atoms. The molecule has 2 aliphatic heterocycles. The van der Waals surface area contributed by atoms with Gasteiger partial charge in [-0.1, -0.05) is 299 Å². The number of alkyl halides is 3. The second kappa shape index (κ2) is 64.2. The van der Waals surface area contributed by atoms with Crippen LogP contribution in [0.3, 0.4) is 0 Å². The zero-order valence-electron chi connectivity index (χ0n) is 64.9. The van der Waals surface area contributed by atoms with Crippen molar-refractivity contribution in [2.75, 3.05) is 66.6 Å². The predicted molar refractivity (Wildman–Crippen MR) is 418 cm³/mol. The Morgan fingerprint density at radius 3 is 1.55 bits per heavy atom. The summed E-state index contributed by atoms with van der Waals surface area (Å²) in [5, 5.41) is 18.2. The van der Waals surface area contributed by atoms with Crippen LogP contribution in [0.5, 0.6) is 0 Å². The van der Waals surface area contributed by atoms with E-state index in [4.69, 9.17) is 91.0 Å². The van der Waals surface area contributed by atoms with E-state index in [1.807, 2.05) is 0 Å². The Labute approximate surface area is 643 Å². The number of allylic oxidation sites excluding steroid dienone is 2. The zero-order valence-corrected chi connectivity index (χ0v) is 68.1. The number of aliphatic hydroxyl groups is 1. The van der Waals surface area contributed by atoms with Crippen LogP contribution in [0.2, 0.25) is 0 Å². The minimum absolute atomic E-state index is 0.00547. The lowest BCUT2D eigenvalue weighted by atomic mass is 9.91. The van der Waals surface area contributed by atoms with Gasteiger partial charge in [-0.3, -0.25) is 23.2 Å². The quantitative estimate of drug-likeness (QED) is 0.0128. The maximum absolute atomic E-state index is 14.8. The molecule has 0 aromatic rings. The molecule has 2 amide bonds. The maximum atomic E-state index is 14.8. The SMILES string of the molecule is C=CCOC(=O)[C@H]1O[C@H](CO[C@@H]2O[C@H](COC)[C@@H](OP(=O)(OCC=C)OCC=C)[C@H](OCC[C@@H](CCCCCCCCCCC)OCCCCCC/C=C\CCCCCC)[C@H]2NC(=O)OCC(Cl)(Cl)Cl)[C@@H](O)[C@H](OCCCCCCCCCCCC)[C@H]1NC(=O)CC(=O)CCCCCCCCCCC. The number of hydrogen-bond donors (Lipinski definition) is 3. The first-order valence-corrected chi connectivity index (χ1v) is 43.0. The number of carbonyl (C=O) groups is 4. The fraction of sp³-hybridized carbons (Fsp3) is 0.850. The summed E-state index contributed by atoms with van der Waals surface area (Å²) in [6.45, 7) is 18.5. The summed E-state index contributed by atoms with van der Waals surface area (Å²) in [6, 6.07) is -2.81. The molecule has 24 heteroatoms. The van der Waals surface area contributed by atoms with Crippen molar-refractivity contribution in [1.29, 1.82) is 0 Å². The van der Waals surface area contributed by atoms with Gasteiger partial charge in [-0.05, 0) is 57.8 Å². The lowest BCUT2D eigenvalue weighted by Gasteiger charge is -2.47. The molecule has 0 saturated carbocycles. The number of hydrogen-bond acceptors (Lipinski definition) is 18. The highest BCUT2D eigenvalue weighted by molar-refractivity contribution is 7.48. The summed E-state index contributed by atoms with van der Waals surface area (Å²) in [7, 11) is -3.16. The highest BCUT2D eigenvalue weighted by Gasteiger charge is 2.54. The molecule has 0 aromatic carbocycles. The number of amides is 2. The minimum atomic E-state index is -4.58. The molecule has 2 heterocycles. The molecule has 606 valence electrons. The number of ketones is 1. The van der Waals surface area contributed by atoms with Crippen LogP contribution in [-0.2, 0) is 75.2 Å². The number of aliphatic hydroxyl groups excluding tert-OH is 1. The van der Waals surface area contributed by atoms with Crippen molar-refractivity contribution in [3.8, 4) is 0 Å². The van der Waals surface area contributed by atoms with Crippen LogP contribution < -0.4 is 10.6 Å². The van der Waals surface area contributed by atoms with Gasteiger partial charge in [0.05, 0.1) is 45.0 Å². The molecule has 11 atom stereocenters. The van der Waals surface area contributed by atoms with Crippen molar-refractivity contribution in [3.63, 3.8) is 0 Å². The molecule has 104 heavy (non-hydrogen) atoms. The zero-order chi connectivity index (χ0) is 76.2. The molecule has 2 rings (SSSR count). The minimum Gasteiger partial charge on any atom is -0.459 e. The monoisotopic (exact) mass is 1550 g/mol. The Morgan fingerprint density at radius 1 is 0.529 bits per heavy atom. The van der Waals surface area contributed by atoms with Gasteiger partial charge >= 0.3 is 19.9 Å². The van der Waals surface area contributed by atoms with Gasteiger partial charge in [-0.25, -0.2) is 14.2 Å². The van der Waals surface area contributed by atoms with E-state index in [0.717, 1.165) is 116 Å². The number of ether oxygens (including phenoxy) is 9. The van der Waals surface area contributed by atoms with Crippen molar-refractivity contribution >= 4 is 66.4 Å². The smallest absolute Gasteiger partial charge is 0.459 e. The van der Waals surface area contributed by atoms with Gasteiger partial charge in [0.1, 0.15) is 61.7 Å². The number of phosphoric ester groups is 1. The molecule has 0 aromatic heterocycles. The van der Waals surface area contributed by atoms with E-state index in [1.165, 1.54) is 147 Å². The number of carbonyl (C=O) groups excluding carboxylic acids is 4.